The molecule has 134 valence electrons. The molecule has 2 heterocycles. The fraction of sp³-hybridized carbons (Fsp3) is 0.318. The number of fused-ring (bicyclic) bond motifs is 2. The number of benzene rings is 2. The Morgan fingerprint density at radius 2 is 1.85 bits per heavy atom. The van der Waals surface area contributed by atoms with E-state index in [1.54, 1.807) is 0 Å². The number of ether oxygens (including phenoxy) is 2. The van der Waals surface area contributed by atoms with Crippen LogP contribution < -0.4 is 9.47 Å². The van der Waals surface area contributed by atoms with Gasteiger partial charge in [0.25, 0.3) is 0 Å². The van der Waals surface area contributed by atoms with Gasteiger partial charge in [-0.1, -0.05) is 29.8 Å². The minimum atomic E-state index is -0.0619. The van der Waals surface area contributed by atoms with Crippen LogP contribution in [0.5, 0.6) is 11.5 Å². The van der Waals surface area contributed by atoms with Crippen LogP contribution in [0.2, 0.25) is 0 Å². The third kappa shape index (κ3) is 2.80. The van der Waals surface area contributed by atoms with Crippen LogP contribution in [0.3, 0.4) is 0 Å². The zero-order valence-electron chi connectivity index (χ0n) is 15.6. The predicted molar refractivity (Wildman–Crippen MR) is 101 cm³/mol. The average Bonchev–Trinajstić information content (AvgIpc) is 2.93. The fourth-order valence-corrected chi connectivity index (χ4v) is 3.41. The Balaban J connectivity index is 1.71. The van der Waals surface area contributed by atoms with Gasteiger partial charge in [-0.15, -0.1) is 0 Å². The highest BCUT2D eigenvalue weighted by Crippen LogP contribution is 2.43. The molecule has 0 aliphatic carbocycles. The fourth-order valence-electron chi connectivity index (χ4n) is 3.41. The Hall–Kier alpha value is -2.59. The first-order valence-corrected chi connectivity index (χ1v) is 8.98. The molecule has 0 saturated heterocycles. The van der Waals surface area contributed by atoms with E-state index in [9.17, 15) is 4.79 Å². The molecule has 4 nitrogen and oxygen atoms in total. The van der Waals surface area contributed by atoms with Crippen molar-refractivity contribution in [2.24, 2.45) is 0 Å². The quantitative estimate of drug-likeness (QED) is 0.750. The van der Waals surface area contributed by atoms with Gasteiger partial charge >= 0.3 is 0 Å². The summed E-state index contributed by atoms with van der Waals surface area (Å²) in [7, 11) is 0. The van der Waals surface area contributed by atoms with Gasteiger partial charge < -0.3 is 9.47 Å². The lowest BCUT2D eigenvalue weighted by molar-refractivity contribution is 0.0678. The molecule has 0 bridgehead atoms. The summed E-state index contributed by atoms with van der Waals surface area (Å²) >= 11 is 0. The Labute approximate surface area is 154 Å². The van der Waals surface area contributed by atoms with Crippen molar-refractivity contribution in [1.82, 2.24) is 4.90 Å². The molecular formula is C22H23NO3. The lowest BCUT2D eigenvalue weighted by atomic mass is 9.99. The van der Waals surface area contributed by atoms with E-state index in [0.29, 0.717) is 29.8 Å². The minimum Gasteiger partial charge on any atom is -0.477 e. The predicted octanol–water partition coefficient (Wildman–Crippen LogP) is 4.48. The zero-order chi connectivity index (χ0) is 18.4. The summed E-state index contributed by atoms with van der Waals surface area (Å²) in [6, 6.07) is 10.4. The van der Waals surface area contributed by atoms with E-state index < -0.39 is 0 Å². The van der Waals surface area contributed by atoms with Crippen molar-refractivity contribution in [2.75, 3.05) is 6.73 Å². The highest BCUT2D eigenvalue weighted by atomic mass is 16.5. The molecule has 2 aliphatic heterocycles. The third-order valence-corrected chi connectivity index (χ3v) is 5.07. The second-order valence-corrected chi connectivity index (χ2v) is 7.33. The van der Waals surface area contributed by atoms with Crippen LogP contribution >= 0.6 is 0 Å². The van der Waals surface area contributed by atoms with Crippen molar-refractivity contribution in [3.63, 3.8) is 0 Å². The zero-order valence-corrected chi connectivity index (χ0v) is 15.6. The number of allylic oxidation sites excluding steroid dienone is 1. The van der Waals surface area contributed by atoms with E-state index in [1.807, 2.05) is 50.3 Å². The maximum absolute atomic E-state index is 12.9. The van der Waals surface area contributed by atoms with E-state index in [-0.39, 0.29) is 5.78 Å². The summed E-state index contributed by atoms with van der Waals surface area (Å²) < 4.78 is 11.9. The maximum Gasteiger partial charge on any atom is 0.231 e. The molecule has 0 spiro atoms. The Morgan fingerprint density at radius 1 is 1.12 bits per heavy atom. The lowest BCUT2D eigenvalue weighted by Crippen LogP contribution is -2.37. The first kappa shape index (κ1) is 16.9. The number of aryl methyl sites for hydroxylation is 1. The first-order valence-electron chi connectivity index (χ1n) is 8.98. The number of carbonyl (C=O) groups excluding carboxylic acids is 1. The summed E-state index contributed by atoms with van der Waals surface area (Å²) in [6.07, 6.45) is 1.81. The molecular weight excluding hydrogens is 326 g/mol. The Morgan fingerprint density at radius 3 is 2.54 bits per heavy atom. The number of nitrogens with zero attached hydrogens (tertiary/aromatic N) is 1. The van der Waals surface area contributed by atoms with Crippen LogP contribution in [0.15, 0.2) is 36.1 Å². The topological polar surface area (TPSA) is 38.8 Å². The standard InChI is InChI=1S/C22H23NO3/c1-13(2)23-11-17-10-18-20(24)19(9-16-7-5-14(3)6-8-16)26-22(18)15(4)21(17)25-12-23/h5-10,13H,11-12H2,1-4H3/b19-9-. The molecule has 26 heavy (non-hydrogen) atoms. The molecule has 0 atom stereocenters. The largest absolute Gasteiger partial charge is 0.477 e. The molecule has 0 unspecified atom stereocenters. The number of rotatable bonds is 2. The van der Waals surface area contributed by atoms with E-state index in [4.69, 9.17) is 9.47 Å². The molecule has 0 fully saturated rings. The number of ketones is 1. The third-order valence-electron chi connectivity index (χ3n) is 5.07. The molecule has 0 saturated carbocycles. The summed E-state index contributed by atoms with van der Waals surface area (Å²) in [5.74, 6) is 1.79. The summed E-state index contributed by atoms with van der Waals surface area (Å²) in [5.41, 5.74) is 4.73. The van der Waals surface area contributed by atoms with Crippen molar-refractivity contribution in [3.8, 4) is 11.5 Å². The van der Waals surface area contributed by atoms with Crippen LogP contribution in [0.4, 0.5) is 0 Å². The van der Waals surface area contributed by atoms with Gasteiger partial charge in [0.1, 0.15) is 18.2 Å². The molecule has 2 aromatic carbocycles. The Bertz CT molecular complexity index is 910. The molecule has 0 amide bonds. The second-order valence-electron chi connectivity index (χ2n) is 7.33. The highest BCUT2D eigenvalue weighted by Gasteiger charge is 2.33. The van der Waals surface area contributed by atoms with Crippen LogP contribution in [0.25, 0.3) is 6.08 Å². The van der Waals surface area contributed by atoms with Gasteiger partial charge in [0.2, 0.25) is 5.78 Å². The summed E-state index contributed by atoms with van der Waals surface area (Å²) in [4.78, 5) is 15.1. The minimum absolute atomic E-state index is 0.0619. The first-order chi connectivity index (χ1) is 12.4. The Kier molecular flexibility index (Phi) is 4.08. The van der Waals surface area contributed by atoms with E-state index in [2.05, 4.69) is 18.7 Å². The number of Topliss-reactive ketones (excluding diaryl/α,β-unsaturated/α-hetero) is 1. The number of hydrogen-bond donors (Lipinski definition) is 0. The van der Waals surface area contributed by atoms with Crippen LogP contribution in [-0.2, 0) is 6.54 Å². The summed E-state index contributed by atoms with van der Waals surface area (Å²) in [5, 5.41) is 0. The van der Waals surface area contributed by atoms with Gasteiger partial charge in [-0.25, -0.2) is 0 Å². The van der Waals surface area contributed by atoms with Gasteiger partial charge in [0.15, 0.2) is 5.76 Å². The van der Waals surface area contributed by atoms with Crippen LogP contribution in [0, 0.1) is 13.8 Å². The number of carbonyl (C=O) groups is 1. The second kappa shape index (κ2) is 6.29. The van der Waals surface area contributed by atoms with E-state index in [0.717, 1.165) is 29.0 Å². The van der Waals surface area contributed by atoms with Crippen LogP contribution in [-0.4, -0.2) is 23.5 Å². The molecule has 0 N–H and O–H groups in total. The molecule has 0 radical (unpaired) electrons. The van der Waals surface area contributed by atoms with Gasteiger partial charge in [0, 0.05) is 23.7 Å². The van der Waals surface area contributed by atoms with Crippen molar-refractivity contribution in [3.05, 3.63) is 63.9 Å². The smallest absolute Gasteiger partial charge is 0.231 e. The molecule has 0 aromatic heterocycles. The van der Waals surface area contributed by atoms with E-state index in [1.165, 1.54) is 5.56 Å². The lowest BCUT2D eigenvalue weighted by Gasteiger charge is -2.32. The van der Waals surface area contributed by atoms with Crippen molar-refractivity contribution >= 4 is 11.9 Å². The summed E-state index contributed by atoms with van der Waals surface area (Å²) in [6.45, 7) is 9.63. The van der Waals surface area contributed by atoms with Crippen molar-refractivity contribution in [1.29, 1.82) is 0 Å². The monoisotopic (exact) mass is 349 g/mol. The van der Waals surface area contributed by atoms with Gasteiger partial charge in [-0.3, -0.25) is 9.69 Å². The van der Waals surface area contributed by atoms with Crippen LogP contribution in [0.1, 0.15) is 46.5 Å². The molecule has 2 aliphatic rings. The maximum atomic E-state index is 12.9. The van der Waals surface area contributed by atoms with Gasteiger partial charge in [-0.2, -0.15) is 0 Å². The van der Waals surface area contributed by atoms with Gasteiger partial charge in [0.05, 0.1) is 5.56 Å². The van der Waals surface area contributed by atoms with Crippen molar-refractivity contribution < 1.29 is 14.3 Å². The number of hydrogen-bond acceptors (Lipinski definition) is 4. The van der Waals surface area contributed by atoms with E-state index >= 15 is 0 Å². The van der Waals surface area contributed by atoms with Gasteiger partial charge in [-0.05, 0) is 45.4 Å². The molecule has 4 rings (SSSR count). The highest BCUT2D eigenvalue weighted by molar-refractivity contribution is 6.15. The molecule has 2 aromatic rings. The SMILES string of the molecule is Cc1ccc(/C=C2\Oc3c(cc4c(c3C)OCN(C(C)C)C4)C2=O)cc1. The normalized spacial score (nSPS) is 17.9. The van der Waals surface area contributed by atoms with Crippen molar-refractivity contribution in [2.45, 2.75) is 40.3 Å². The molecule has 4 heteroatoms. The average molecular weight is 349 g/mol.